The molecule has 1 fully saturated rings. The third-order valence-electron chi connectivity index (χ3n) is 3.13. The van der Waals surface area contributed by atoms with E-state index in [1.54, 1.807) is 0 Å². The Hall–Kier alpha value is -1.47. The molecule has 0 bridgehead atoms. The second kappa shape index (κ2) is 5.66. The number of carboxylic acids is 1. The Labute approximate surface area is 108 Å². The summed E-state index contributed by atoms with van der Waals surface area (Å²) in [6.45, 7) is 1.26. The van der Waals surface area contributed by atoms with Gasteiger partial charge in [0, 0.05) is 13.0 Å². The van der Waals surface area contributed by atoms with Crippen molar-refractivity contribution in [2.24, 2.45) is 5.92 Å². The van der Waals surface area contributed by atoms with Crippen LogP contribution in [0.1, 0.15) is 32.6 Å². The van der Waals surface area contributed by atoms with E-state index in [-0.39, 0.29) is 18.9 Å². The van der Waals surface area contributed by atoms with E-state index in [2.05, 4.69) is 10.6 Å². The lowest BCUT2D eigenvalue weighted by Gasteiger charge is -2.26. The molecule has 0 aliphatic heterocycles. The summed E-state index contributed by atoms with van der Waals surface area (Å²) < 4.78 is 35.6. The average Bonchev–Trinajstić information content (AvgIpc) is 3.06. The zero-order chi connectivity index (χ0) is 14.7. The number of hydrogen-bond acceptors (Lipinski definition) is 2. The molecule has 0 saturated heterocycles. The van der Waals surface area contributed by atoms with Crippen molar-refractivity contribution in [3.8, 4) is 0 Å². The van der Waals surface area contributed by atoms with Crippen LogP contribution in [0.15, 0.2) is 0 Å². The van der Waals surface area contributed by atoms with Gasteiger partial charge in [-0.3, -0.25) is 0 Å². The maximum atomic E-state index is 11.9. The summed E-state index contributed by atoms with van der Waals surface area (Å²) in [5.74, 6) is -1.26. The Morgan fingerprint density at radius 3 is 2.32 bits per heavy atom. The van der Waals surface area contributed by atoms with Crippen LogP contribution in [0, 0.1) is 5.92 Å². The molecule has 0 heterocycles. The molecule has 0 spiro atoms. The normalized spacial score (nSPS) is 18.5. The maximum absolute atomic E-state index is 11.9. The summed E-state index contributed by atoms with van der Waals surface area (Å²) in [6, 6.07) is -0.751. The predicted octanol–water partition coefficient (Wildman–Crippen LogP) is 1.88. The summed E-state index contributed by atoms with van der Waals surface area (Å²) >= 11 is 0. The summed E-state index contributed by atoms with van der Waals surface area (Å²) in [4.78, 5) is 22.6. The van der Waals surface area contributed by atoms with Crippen LogP contribution in [-0.2, 0) is 4.79 Å². The van der Waals surface area contributed by atoms with Crippen LogP contribution in [0.5, 0.6) is 0 Å². The highest BCUT2D eigenvalue weighted by Crippen LogP contribution is 2.39. The smallest absolute Gasteiger partial charge is 0.389 e. The van der Waals surface area contributed by atoms with Gasteiger partial charge in [0.05, 0.1) is 0 Å². The molecular weight excluding hydrogens is 265 g/mol. The molecule has 0 aromatic heterocycles. The number of rotatable bonds is 6. The van der Waals surface area contributed by atoms with Crippen LogP contribution in [0.4, 0.5) is 18.0 Å². The number of carbonyl (C=O) groups excluding carboxylic acids is 1. The molecule has 0 aromatic carbocycles. The molecule has 5 nitrogen and oxygen atoms in total. The Bertz CT molecular complexity index is 356. The summed E-state index contributed by atoms with van der Waals surface area (Å²) in [6.07, 6.45) is -4.02. The van der Waals surface area contributed by atoms with Gasteiger partial charge in [0.2, 0.25) is 0 Å². The Morgan fingerprint density at radius 1 is 1.32 bits per heavy atom. The van der Waals surface area contributed by atoms with Gasteiger partial charge in [0.1, 0.15) is 5.54 Å². The van der Waals surface area contributed by atoms with E-state index in [0.29, 0.717) is 0 Å². The maximum Gasteiger partial charge on any atom is 0.389 e. The monoisotopic (exact) mass is 282 g/mol. The standard InChI is InChI=1S/C11H17F3N2O3/c1-10(8(17)18,7-3-4-7)16-9(19)15-6-2-5-11(12,13)14/h7H,2-6H2,1H3,(H,17,18)(H2,15,16,19). The number of carbonyl (C=O) groups is 2. The van der Waals surface area contributed by atoms with Crippen molar-refractivity contribution in [3.05, 3.63) is 0 Å². The number of carboxylic acid groups (broad SMARTS) is 1. The van der Waals surface area contributed by atoms with E-state index in [1.165, 1.54) is 6.92 Å². The largest absolute Gasteiger partial charge is 0.480 e. The van der Waals surface area contributed by atoms with Crippen LogP contribution >= 0.6 is 0 Å². The molecule has 1 unspecified atom stereocenters. The zero-order valence-electron chi connectivity index (χ0n) is 10.5. The fraction of sp³-hybridized carbons (Fsp3) is 0.818. The number of amides is 2. The van der Waals surface area contributed by atoms with Gasteiger partial charge < -0.3 is 15.7 Å². The molecule has 1 rings (SSSR count). The summed E-state index contributed by atoms with van der Waals surface area (Å²) in [7, 11) is 0. The first kappa shape index (κ1) is 15.6. The summed E-state index contributed by atoms with van der Waals surface area (Å²) in [5, 5.41) is 13.6. The number of nitrogens with one attached hydrogen (secondary N) is 2. The highest BCUT2D eigenvalue weighted by atomic mass is 19.4. The second-order valence-corrected chi connectivity index (χ2v) is 4.88. The number of hydrogen-bond donors (Lipinski definition) is 3. The van der Waals surface area contributed by atoms with Crippen molar-refractivity contribution in [3.63, 3.8) is 0 Å². The van der Waals surface area contributed by atoms with E-state index in [4.69, 9.17) is 5.11 Å². The van der Waals surface area contributed by atoms with Crippen LogP contribution in [0.2, 0.25) is 0 Å². The molecule has 1 atom stereocenters. The molecule has 110 valence electrons. The van der Waals surface area contributed by atoms with Crippen molar-refractivity contribution in [1.82, 2.24) is 10.6 Å². The minimum atomic E-state index is -4.25. The van der Waals surface area contributed by atoms with E-state index < -0.39 is 30.1 Å². The van der Waals surface area contributed by atoms with Gasteiger partial charge in [-0.2, -0.15) is 13.2 Å². The van der Waals surface area contributed by atoms with E-state index in [9.17, 15) is 22.8 Å². The Morgan fingerprint density at radius 2 is 1.89 bits per heavy atom. The highest BCUT2D eigenvalue weighted by molar-refractivity contribution is 5.86. The minimum absolute atomic E-state index is 0.120. The molecule has 8 heteroatoms. The van der Waals surface area contributed by atoms with Gasteiger partial charge in [0.25, 0.3) is 0 Å². The van der Waals surface area contributed by atoms with E-state index in [1.807, 2.05) is 0 Å². The molecule has 0 radical (unpaired) electrons. The van der Waals surface area contributed by atoms with Crippen molar-refractivity contribution in [2.75, 3.05) is 6.54 Å². The lowest BCUT2D eigenvalue weighted by atomic mass is 9.96. The van der Waals surface area contributed by atoms with E-state index >= 15 is 0 Å². The molecule has 0 aromatic rings. The first-order valence-electron chi connectivity index (χ1n) is 6.01. The number of halogens is 3. The summed E-state index contributed by atoms with van der Waals surface area (Å²) in [5.41, 5.74) is -1.35. The van der Waals surface area contributed by atoms with Crippen molar-refractivity contribution in [1.29, 1.82) is 0 Å². The SMILES string of the molecule is CC(NC(=O)NCCCC(F)(F)F)(C(=O)O)C1CC1. The first-order valence-corrected chi connectivity index (χ1v) is 6.01. The molecule has 2 amide bonds. The van der Waals surface area contributed by atoms with Gasteiger partial charge in [0.15, 0.2) is 0 Å². The third-order valence-corrected chi connectivity index (χ3v) is 3.13. The third kappa shape index (κ3) is 4.96. The lowest BCUT2D eigenvalue weighted by molar-refractivity contribution is -0.144. The van der Waals surface area contributed by atoms with Crippen LogP contribution < -0.4 is 10.6 Å². The fourth-order valence-electron chi connectivity index (χ4n) is 1.76. The van der Waals surface area contributed by atoms with Crippen molar-refractivity contribution >= 4 is 12.0 Å². The molecule has 1 aliphatic carbocycles. The Kier molecular flexibility index (Phi) is 4.65. The first-order chi connectivity index (χ1) is 8.65. The predicted molar refractivity (Wildman–Crippen MR) is 60.6 cm³/mol. The van der Waals surface area contributed by atoms with Gasteiger partial charge in [-0.05, 0) is 32.1 Å². The molecule has 1 aliphatic rings. The fourth-order valence-corrected chi connectivity index (χ4v) is 1.76. The number of aliphatic carboxylic acids is 1. The molecule has 1 saturated carbocycles. The quantitative estimate of drug-likeness (QED) is 0.651. The zero-order valence-corrected chi connectivity index (χ0v) is 10.5. The van der Waals surface area contributed by atoms with Crippen LogP contribution in [-0.4, -0.2) is 35.4 Å². The number of alkyl halides is 3. The topological polar surface area (TPSA) is 78.4 Å². The lowest BCUT2D eigenvalue weighted by Crippen LogP contribution is -2.56. The highest BCUT2D eigenvalue weighted by Gasteiger charge is 2.48. The van der Waals surface area contributed by atoms with Crippen molar-refractivity contribution < 1.29 is 27.9 Å². The van der Waals surface area contributed by atoms with Gasteiger partial charge in [-0.25, -0.2) is 9.59 Å². The minimum Gasteiger partial charge on any atom is -0.480 e. The van der Waals surface area contributed by atoms with E-state index in [0.717, 1.165) is 12.8 Å². The van der Waals surface area contributed by atoms with Crippen molar-refractivity contribution in [2.45, 2.75) is 44.3 Å². The average molecular weight is 282 g/mol. The Balaban J connectivity index is 2.32. The van der Waals surface area contributed by atoms with Gasteiger partial charge >= 0.3 is 18.2 Å². The molecule has 3 N–H and O–H groups in total. The molecule has 19 heavy (non-hydrogen) atoms. The molecular formula is C11H17F3N2O3. The van der Waals surface area contributed by atoms with Gasteiger partial charge in [-0.15, -0.1) is 0 Å². The van der Waals surface area contributed by atoms with Crippen LogP contribution in [0.25, 0.3) is 0 Å². The van der Waals surface area contributed by atoms with Gasteiger partial charge in [-0.1, -0.05) is 0 Å². The number of urea groups is 1. The second-order valence-electron chi connectivity index (χ2n) is 4.88. The van der Waals surface area contributed by atoms with Crippen LogP contribution in [0.3, 0.4) is 0 Å².